The predicted octanol–water partition coefficient (Wildman–Crippen LogP) is 1.65. The third-order valence-corrected chi connectivity index (χ3v) is 5.32. The Balaban J connectivity index is 2.13. The van der Waals surface area contributed by atoms with Gasteiger partial charge in [-0.05, 0) is 25.2 Å². The van der Waals surface area contributed by atoms with E-state index >= 15 is 0 Å². The fraction of sp³-hybridized carbons (Fsp3) is 0.900. The fourth-order valence-corrected chi connectivity index (χ4v) is 4.18. The third-order valence-electron chi connectivity index (χ3n) is 4.41. The van der Waals surface area contributed by atoms with Crippen LogP contribution in [0.15, 0.2) is 0 Å². The molecular weight excluding hydrogens is 184 g/mol. The van der Waals surface area contributed by atoms with Crippen LogP contribution in [0.1, 0.15) is 26.7 Å². The largest absolute Gasteiger partial charge is 0.460 e. The molecule has 0 N–H and O–H groups in total. The summed E-state index contributed by atoms with van der Waals surface area (Å²) in [5.74, 6) is 0.454. The first-order valence-electron chi connectivity index (χ1n) is 4.87. The van der Waals surface area contributed by atoms with Gasteiger partial charge in [-0.3, -0.25) is 4.79 Å². The Hall–Kier alpha value is -0.180. The first-order chi connectivity index (χ1) is 5.97. The van der Waals surface area contributed by atoms with E-state index in [1.807, 2.05) is 0 Å². The maximum Gasteiger partial charge on any atom is 0.312 e. The van der Waals surface area contributed by atoms with Crippen molar-refractivity contribution in [2.24, 2.45) is 16.7 Å². The summed E-state index contributed by atoms with van der Waals surface area (Å²) in [6.45, 7) is 4.30. The van der Waals surface area contributed by atoms with E-state index < -0.39 is 0 Å². The van der Waals surface area contributed by atoms with Gasteiger partial charge >= 0.3 is 5.97 Å². The van der Waals surface area contributed by atoms with E-state index in [0.29, 0.717) is 5.92 Å². The van der Waals surface area contributed by atoms with Crippen molar-refractivity contribution in [3.05, 3.63) is 0 Å². The molecule has 0 amide bonds. The van der Waals surface area contributed by atoms with Crippen LogP contribution in [0, 0.1) is 16.7 Å². The van der Waals surface area contributed by atoms with Gasteiger partial charge in [-0.25, -0.2) is 0 Å². The summed E-state index contributed by atoms with van der Waals surface area (Å²) in [7, 11) is 0. The lowest BCUT2D eigenvalue weighted by Gasteiger charge is -2.32. The van der Waals surface area contributed by atoms with E-state index in [-0.39, 0.29) is 28.2 Å². The highest BCUT2D eigenvalue weighted by Gasteiger charge is 2.71. The Kier molecular flexibility index (Phi) is 1.21. The molecule has 3 aliphatic rings. The zero-order valence-electron chi connectivity index (χ0n) is 7.91. The molecule has 0 radical (unpaired) electrons. The molecule has 0 aromatic carbocycles. The van der Waals surface area contributed by atoms with Crippen molar-refractivity contribution in [3.63, 3.8) is 0 Å². The molecule has 0 aromatic rings. The van der Waals surface area contributed by atoms with Gasteiger partial charge in [0.15, 0.2) is 0 Å². The van der Waals surface area contributed by atoms with E-state index in [1.54, 1.807) is 0 Å². The Labute approximate surface area is 83.4 Å². The van der Waals surface area contributed by atoms with Gasteiger partial charge in [0, 0.05) is 11.2 Å². The minimum atomic E-state index is -0.182. The predicted molar refractivity (Wildman–Crippen MR) is 51.6 cm³/mol. The normalized spacial score (nSPS) is 63.0. The molecule has 0 aromatic heterocycles. The second kappa shape index (κ2) is 1.92. The van der Waals surface area contributed by atoms with Crippen molar-refractivity contribution in [2.45, 2.75) is 38.0 Å². The first-order valence-corrected chi connectivity index (χ1v) is 5.38. The van der Waals surface area contributed by atoms with Crippen LogP contribution < -0.4 is 0 Å². The molecule has 2 bridgehead atoms. The molecule has 2 nitrogen and oxygen atoms in total. The summed E-state index contributed by atoms with van der Waals surface area (Å²) < 4.78 is 5.40. The van der Waals surface area contributed by atoms with Crippen LogP contribution in [-0.4, -0.2) is 17.3 Å². The Morgan fingerprint density at radius 3 is 2.77 bits per heavy atom. The summed E-state index contributed by atoms with van der Waals surface area (Å²) in [5, 5.41) is 0.261. The van der Waals surface area contributed by atoms with Crippen LogP contribution in [0.3, 0.4) is 0 Å². The second-order valence-electron chi connectivity index (χ2n) is 5.37. The van der Waals surface area contributed by atoms with Crippen molar-refractivity contribution in [3.8, 4) is 0 Å². The topological polar surface area (TPSA) is 26.3 Å². The fourth-order valence-electron chi connectivity index (χ4n) is 3.72. The number of carbonyl (C=O) groups excluding carboxylic acids is 1. The zero-order valence-corrected chi connectivity index (χ0v) is 8.80. The quantitative estimate of drug-likeness (QED) is 0.473. The molecule has 13 heavy (non-hydrogen) atoms. The number of fused-ring (bicyclic) bond motifs is 1. The van der Waals surface area contributed by atoms with E-state index in [2.05, 4.69) is 26.5 Å². The molecule has 2 aliphatic carbocycles. The molecule has 2 saturated carbocycles. The van der Waals surface area contributed by atoms with Crippen molar-refractivity contribution in [2.75, 3.05) is 0 Å². The number of ether oxygens (including phenoxy) is 1. The summed E-state index contributed by atoms with van der Waals surface area (Å²) in [6.07, 6.45) is 2.18. The average molecular weight is 198 g/mol. The molecule has 0 spiro atoms. The molecule has 1 heterocycles. The standard InChI is InChI=1S/C10H14O2S/c1-9-3-5-6(7(9)13)12-8(11)10(5,2)4-9/h5-7,13H,3-4H2,1-2H3. The van der Waals surface area contributed by atoms with Gasteiger partial charge in [0.25, 0.3) is 0 Å². The summed E-state index contributed by atoms with van der Waals surface area (Å²) in [6, 6.07) is 0. The molecular formula is C10H14O2S. The molecule has 5 atom stereocenters. The minimum Gasteiger partial charge on any atom is -0.460 e. The van der Waals surface area contributed by atoms with Gasteiger partial charge < -0.3 is 4.74 Å². The Morgan fingerprint density at radius 2 is 2.23 bits per heavy atom. The van der Waals surface area contributed by atoms with Crippen LogP contribution in [0.2, 0.25) is 0 Å². The molecule has 3 heteroatoms. The molecule has 3 fully saturated rings. The summed E-state index contributed by atoms with van der Waals surface area (Å²) in [5.41, 5.74) is 0.0536. The molecule has 1 aliphatic heterocycles. The lowest BCUT2D eigenvalue weighted by molar-refractivity contribution is -0.147. The number of esters is 1. The number of thiol groups is 1. The SMILES string of the molecule is CC12CC3C(OC(=O)C3(C)C1)C2S. The number of hydrogen-bond acceptors (Lipinski definition) is 3. The van der Waals surface area contributed by atoms with E-state index in [1.165, 1.54) is 0 Å². The van der Waals surface area contributed by atoms with Gasteiger partial charge in [-0.1, -0.05) is 6.92 Å². The van der Waals surface area contributed by atoms with Gasteiger partial charge in [0.2, 0.25) is 0 Å². The van der Waals surface area contributed by atoms with Crippen molar-refractivity contribution >= 4 is 18.6 Å². The highest BCUT2D eigenvalue weighted by Crippen LogP contribution is 2.68. The third kappa shape index (κ3) is 0.684. The Bertz CT molecular complexity index is 303. The van der Waals surface area contributed by atoms with Gasteiger partial charge in [0.05, 0.1) is 5.41 Å². The highest BCUT2D eigenvalue weighted by atomic mass is 32.1. The van der Waals surface area contributed by atoms with E-state index in [4.69, 9.17) is 4.74 Å². The van der Waals surface area contributed by atoms with Crippen LogP contribution >= 0.6 is 12.6 Å². The Morgan fingerprint density at radius 1 is 1.54 bits per heavy atom. The number of rotatable bonds is 0. The van der Waals surface area contributed by atoms with Crippen molar-refractivity contribution in [1.29, 1.82) is 0 Å². The lowest BCUT2D eigenvalue weighted by Crippen LogP contribution is -2.37. The van der Waals surface area contributed by atoms with E-state index in [0.717, 1.165) is 12.8 Å². The van der Waals surface area contributed by atoms with Crippen molar-refractivity contribution < 1.29 is 9.53 Å². The van der Waals surface area contributed by atoms with Gasteiger partial charge in [-0.15, -0.1) is 0 Å². The monoisotopic (exact) mass is 198 g/mol. The first kappa shape index (κ1) is 8.16. The molecule has 5 unspecified atom stereocenters. The zero-order chi connectivity index (χ0) is 9.43. The lowest BCUT2D eigenvalue weighted by atomic mass is 9.72. The second-order valence-corrected chi connectivity index (χ2v) is 5.93. The number of hydrogen-bond donors (Lipinski definition) is 1. The minimum absolute atomic E-state index is 0.0165. The van der Waals surface area contributed by atoms with Crippen LogP contribution in [0.25, 0.3) is 0 Å². The smallest absolute Gasteiger partial charge is 0.312 e. The summed E-state index contributed by atoms with van der Waals surface area (Å²) >= 11 is 4.59. The van der Waals surface area contributed by atoms with Crippen LogP contribution in [-0.2, 0) is 9.53 Å². The van der Waals surface area contributed by atoms with E-state index in [9.17, 15) is 4.79 Å². The maximum atomic E-state index is 11.6. The molecule has 3 rings (SSSR count). The average Bonchev–Trinajstić information content (AvgIpc) is 2.50. The van der Waals surface area contributed by atoms with Gasteiger partial charge in [0.1, 0.15) is 6.10 Å². The van der Waals surface area contributed by atoms with Gasteiger partial charge in [-0.2, -0.15) is 12.6 Å². The van der Waals surface area contributed by atoms with Crippen LogP contribution in [0.5, 0.6) is 0 Å². The molecule has 1 saturated heterocycles. The number of carbonyl (C=O) groups is 1. The summed E-state index contributed by atoms with van der Waals surface area (Å²) in [4.78, 5) is 11.6. The van der Waals surface area contributed by atoms with Crippen LogP contribution in [0.4, 0.5) is 0 Å². The molecule has 72 valence electrons. The highest BCUT2D eigenvalue weighted by molar-refractivity contribution is 7.81. The maximum absolute atomic E-state index is 11.6. The van der Waals surface area contributed by atoms with Crippen molar-refractivity contribution in [1.82, 2.24) is 0 Å².